The van der Waals surface area contributed by atoms with Crippen molar-refractivity contribution in [2.24, 2.45) is 7.05 Å². The summed E-state index contributed by atoms with van der Waals surface area (Å²) in [7, 11) is 1.77. The molecule has 0 atom stereocenters. The largest absolute Gasteiger partial charge is 0.417 e. The molecule has 0 radical (unpaired) electrons. The summed E-state index contributed by atoms with van der Waals surface area (Å²) in [5, 5.41) is 0.558. The van der Waals surface area contributed by atoms with Gasteiger partial charge in [0.1, 0.15) is 11.3 Å². The highest BCUT2D eigenvalue weighted by Crippen LogP contribution is 2.39. The molecule has 4 rings (SSSR count). The van der Waals surface area contributed by atoms with E-state index in [0.29, 0.717) is 16.7 Å². The second-order valence-electron chi connectivity index (χ2n) is 6.46. The van der Waals surface area contributed by atoms with Crippen LogP contribution < -0.4 is 0 Å². The molecule has 0 aromatic carbocycles. The minimum atomic E-state index is -4.43. The Morgan fingerprint density at radius 2 is 1.96 bits per heavy atom. The minimum Gasteiger partial charge on any atom is -0.312 e. The van der Waals surface area contributed by atoms with Gasteiger partial charge in [-0.1, -0.05) is 12.8 Å². The number of pyridine rings is 2. The van der Waals surface area contributed by atoms with Crippen molar-refractivity contribution in [3.8, 4) is 11.4 Å². The van der Waals surface area contributed by atoms with Gasteiger partial charge in [0.05, 0.1) is 5.56 Å². The number of alkyl halides is 3. The summed E-state index contributed by atoms with van der Waals surface area (Å²) in [6.45, 7) is 0. The first-order valence-corrected chi connectivity index (χ1v) is 9.32. The van der Waals surface area contributed by atoms with Crippen LogP contribution in [0.4, 0.5) is 13.2 Å². The quantitative estimate of drug-likeness (QED) is 0.637. The Hall–Kier alpha value is -2.09. The van der Waals surface area contributed by atoms with Crippen molar-refractivity contribution in [2.75, 3.05) is 0 Å². The van der Waals surface area contributed by atoms with Crippen molar-refractivity contribution in [1.82, 2.24) is 19.5 Å². The Bertz CT molecular complexity index is 945. The smallest absolute Gasteiger partial charge is 0.312 e. The number of aryl methyl sites for hydroxylation is 1. The zero-order valence-electron chi connectivity index (χ0n) is 14.1. The molecule has 1 aliphatic rings. The lowest BCUT2D eigenvalue weighted by Crippen LogP contribution is -2.05. The van der Waals surface area contributed by atoms with Gasteiger partial charge in [-0.15, -0.1) is 11.8 Å². The average molecular weight is 378 g/mol. The van der Waals surface area contributed by atoms with Crippen molar-refractivity contribution in [1.29, 1.82) is 0 Å². The lowest BCUT2D eigenvalue weighted by atomic mass is 10.2. The first-order chi connectivity index (χ1) is 12.4. The SMILES string of the molecule is Cn1c(-c2ccncc2SC2CCCC2)nc2cc(C(F)(F)F)cnc21. The van der Waals surface area contributed by atoms with E-state index in [-0.39, 0.29) is 5.52 Å². The molecule has 0 N–H and O–H groups in total. The molecule has 136 valence electrons. The van der Waals surface area contributed by atoms with Gasteiger partial charge in [0.2, 0.25) is 0 Å². The van der Waals surface area contributed by atoms with Crippen LogP contribution in [0, 0.1) is 0 Å². The molecule has 3 aromatic rings. The summed E-state index contributed by atoms with van der Waals surface area (Å²) in [6, 6.07) is 2.92. The van der Waals surface area contributed by atoms with Gasteiger partial charge in [0, 0.05) is 41.3 Å². The van der Waals surface area contributed by atoms with Crippen LogP contribution in [0.1, 0.15) is 31.2 Å². The van der Waals surface area contributed by atoms with Crippen LogP contribution in [0.25, 0.3) is 22.6 Å². The van der Waals surface area contributed by atoms with Gasteiger partial charge in [0.25, 0.3) is 0 Å². The molecule has 0 bridgehead atoms. The third kappa shape index (κ3) is 3.18. The van der Waals surface area contributed by atoms with E-state index in [0.717, 1.165) is 22.7 Å². The van der Waals surface area contributed by atoms with Crippen molar-refractivity contribution < 1.29 is 13.2 Å². The molecular weight excluding hydrogens is 361 g/mol. The molecule has 1 saturated carbocycles. The molecule has 26 heavy (non-hydrogen) atoms. The maximum Gasteiger partial charge on any atom is 0.417 e. The minimum absolute atomic E-state index is 0.242. The van der Waals surface area contributed by atoms with Crippen molar-refractivity contribution in [3.05, 3.63) is 36.3 Å². The highest BCUT2D eigenvalue weighted by atomic mass is 32.2. The zero-order valence-corrected chi connectivity index (χ0v) is 14.9. The Kier molecular flexibility index (Phi) is 4.38. The first-order valence-electron chi connectivity index (χ1n) is 8.44. The van der Waals surface area contributed by atoms with Gasteiger partial charge in [-0.2, -0.15) is 13.2 Å². The number of halogens is 3. The fourth-order valence-corrected chi connectivity index (χ4v) is 4.65. The summed E-state index contributed by atoms with van der Waals surface area (Å²) in [4.78, 5) is 13.7. The topological polar surface area (TPSA) is 43.6 Å². The molecule has 1 fully saturated rings. The fourth-order valence-electron chi connectivity index (χ4n) is 3.32. The second-order valence-corrected chi connectivity index (χ2v) is 7.80. The standard InChI is InChI=1S/C18H17F3N4S/c1-25-16(24-14-8-11(18(19,20)21)9-23-17(14)25)13-6-7-22-10-15(13)26-12-4-2-3-5-12/h6-10,12H,2-5H2,1H3. The molecule has 8 heteroatoms. The molecule has 3 heterocycles. The number of rotatable bonds is 3. The zero-order chi connectivity index (χ0) is 18.3. The Labute approximate surface area is 152 Å². The molecule has 0 saturated heterocycles. The summed E-state index contributed by atoms with van der Waals surface area (Å²) in [6.07, 6.45) is 4.76. The maximum absolute atomic E-state index is 13.0. The number of nitrogens with zero attached hydrogens (tertiary/aromatic N) is 4. The van der Waals surface area contributed by atoms with Gasteiger partial charge in [-0.25, -0.2) is 9.97 Å². The summed E-state index contributed by atoms with van der Waals surface area (Å²) >= 11 is 1.78. The molecule has 0 unspecified atom stereocenters. The molecule has 1 aliphatic carbocycles. The predicted molar refractivity (Wildman–Crippen MR) is 94.9 cm³/mol. The third-order valence-corrected chi connectivity index (χ3v) is 6.04. The first kappa shape index (κ1) is 17.3. The summed E-state index contributed by atoms with van der Waals surface area (Å²) in [5.74, 6) is 0.606. The van der Waals surface area contributed by atoms with Crippen LogP contribution in [0.15, 0.2) is 35.6 Å². The highest BCUT2D eigenvalue weighted by molar-refractivity contribution is 8.00. The monoisotopic (exact) mass is 378 g/mol. The van der Waals surface area contributed by atoms with E-state index >= 15 is 0 Å². The fraction of sp³-hybridized carbons (Fsp3) is 0.389. The average Bonchev–Trinajstić information content (AvgIpc) is 3.23. The van der Waals surface area contributed by atoms with E-state index in [1.54, 1.807) is 29.6 Å². The van der Waals surface area contributed by atoms with E-state index in [1.165, 1.54) is 25.7 Å². The van der Waals surface area contributed by atoms with Gasteiger partial charge in [0.15, 0.2) is 5.65 Å². The second kappa shape index (κ2) is 6.57. The van der Waals surface area contributed by atoms with Crippen LogP contribution in [0.3, 0.4) is 0 Å². The lowest BCUT2D eigenvalue weighted by Gasteiger charge is -2.12. The molecule has 0 spiro atoms. The molecule has 0 aliphatic heterocycles. The van der Waals surface area contributed by atoms with Crippen LogP contribution in [0.2, 0.25) is 0 Å². The Balaban J connectivity index is 1.78. The number of hydrogen-bond donors (Lipinski definition) is 0. The van der Waals surface area contributed by atoms with Crippen molar-refractivity contribution >= 4 is 22.9 Å². The van der Waals surface area contributed by atoms with Crippen LogP contribution in [-0.4, -0.2) is 24.8 Å². The summed E-state index contributed by atoms with van der Waals surface area (Å²) in [5.41, 5.74) is 0.767. The Morgan fingerprint density at radius 3 is 2.69 bits per heavy atom. The van der Waals surface area contributed by atoms with Gasteiger partial charge < -0.3 is 4.57 Å². The number of imidazole rings is 1. The third-order valence-electron chi connectivity index (χ3n) is 4.66. The van der Waals surface area contributed by atoms with E-state index < -0.39 is 11.7 Å². The summed E-state index contributed by atoms with van der Waals surface area (Å²) < 4.78 is 40.6. The van der Waals surface area contributed by atoms with Crippen LogP contribution >= 0.6 is 11.8 Å². The van der Waals surface area contributed by atoms with Crippen LogP contribution in [-0.2, 0) is 13.2 Å². The van der Waals surface area contributed by atoms with Crippen molar-refractivity contribution in [2.45, 2.75) is 42.0 Å². The molecular formula is C18H17F3N4S. The number of thioether (sulfide) groups is 1. The molecule has 3 aromatic heterocycles. The molecule has 0 amide bonds. The van der Waals surface area contributed by atoms with E-state index in [9.17, 15) is 13.2 Å². The van der Waals surface area contributed by atoms with E-state index in [2.05, 4.69) is 15.0 Å². The van der Waals surface area contributed by atoms with E-state index in [1.807, 2.05) is 12.3 Å². The Morgan fingerprint density at radius 1 is 1.19 bits per heavy atom. The normalized spacial score (nSPS) is 15.8. The van der Waals surface area contributed by atoms with Gasteiger partial charge in [-0.05, 0) is 25.0 Å². The number of fused-ring (bicyclic) bond motifs is 1. The predicted octanol–water partition coefficient (Wildman–Crippen LogP) is 5.08. The van der Waals surface area contributed by atoms with Gasteiger partial charge >= 0.3 is 6.18 Å². The lowest BCUT2D eigenvalue weighted by molar-refractivity contribution is -0.137. The number of hydrogen-bond acceptors (Lipinski definition) is 4. The van der Waals surface area contributed by atoms with Gasteiger partial charge in [-0.3, -0.25) is 4.98 Å². The van der Waals surface area contributed by atoms with E-state index in [4.69, 9.17) is 0 Å². The van der Waals surface area contributed by atoms with Crippen LogP contribution in [0.5, 0.6) is 0 Å². The molecule has 4 nitrogen and oxygen atoms in total. The maximum atomic E-state index is 13.0. The van der Waals surface area contributed by atoms with Crippen molar-refractivity contribution in [3.63, 3.8) is 0 Å². The highest BCUT2D eigenvalue weighted by Gasteiger charge is 2.32. The number of aromatic nitrogens is 4.